The lowest BCUT2D eigenvalue weighted by atomic mass is 10.4. The van der Waals surface area contributed by atoms with Gasteiger partial charge in [-0.2, -0.15) is 13.2 Å². The summed E-state index contributed by atoms with van der Waals surface area (Å²) in [5, 5.41) is -0.302. The van der Waals surface area contributed by atoms with Gasteiger partial charge in [0.15, 0.2) is 5.71 Å². The predicted molar refractivity (Wildman–Crippen MR) is 42.5 cm³/mol. The Labute approximate surface area is 73.3 Å². The van der Waals surface area contributed by atoms with Crippen molar-refractivity contribution in [1.29, 1.82) is 0 Å². The topological polar surface area (TPSA) is 24.7 Å². The summed E-state index contributed by atoms with van der Waals surface area (Å²) in [6, 6.07) is 0. The first kappa shape index (κ1) is 8.79. The fraction of sp³-hybridized carbons (Fsp3) is 0.250. The average Bonchev–Trinajstić information content (AvgIpc) is 2.08. The molecule has 0 bridgehead atoms. The van der Waals surface area contributed by atoms with E-state index in [1.165, 1.54) is 0 Å². The summed E-state index contributed by atoms with van der Waals surface area (Å²) in [5.41, 5.74) is -1.07. The molecule has 0 fully saturated rings. The molecule has 1 rings (SSSR count). The van der Waals surface area contributed by atoms with Crippen molar-refractivity contribution in [2.45, 2.75) is 6.18 Å². The van der Waals surface area contributed by atoms with Crippen molar-refractivity contribution in [2.75, 3.05) is 0 Å². The van der Waals surface area contributed by atoms with Crippen LogP contribution in [0.3, 0.4) is 0 Å². The summed E-state index contributed by atoms with van der Waals surface area (Å²) in [6.45, 7) is 0. The van der Waals surface area contributed by atoms with Crippen molar-refractivity contribution in [1.82, 2.24) is 0 Å². The molecule has 0 saturated carbocycles. The van der Waals surface area contributed by atoms with E-state index in [-0.39, 0.29) is 9.73 Å². The minimum Gasteiger partial charge on any atom is -0.211 e. The zero-order chi connectivity index (χ0) is 8.65. The summed E-state index contributed by atoms with van der Waals surface area (Å²) in [7, 11) is 0. The van der Waals surface area contributed by atoms with Gasteiger partial charge in [-0.25, -0.2) is 9.98 Å². The second kappa shape index (κ2) is 2.63. The van der Waals surface area contributed by atoms with E-state index in [1.54, 1.807) is 0 Å². The highest BCUT2D eigenvalue weighted by molar-refractivity contribution is 9.19. The van der Waals surface area contributed by atoms with E-state index in [4.69, 9.17) is 0 Å². The number of alkyl halides is 3. The monoisotopic (exact) mass is 244 g/mol. The van der Waals surface area contributed by atoms with Crippen LogP contribution < -0.4 is 0 Å². The third-order valence-corrected chi connectivity index (χ3v) is 1.60. The summed E-state index contributed by atoms with van der Waals surface area (Å²) in [6.07, 6.45) is -4.48. The molecule has 60 valence electrons. The lowest BCUT2D eigenvalue weighted by Crippen LogP contribution is -2.25. The summed E-state index contributed by atoms with van der Waals surface area (Å²) < 4.78 is 35.3. The highest BCUT2D eigenvalue weighted by Gasteiger charge is 2.40. The van der Waals surface area contributed by atoms with Crippen LogP contribution in [0.4, 0.5) is 13.2 Å². The molecular formula is C4BrF3N2S. The van der Waals surface area contributed by atoms with Gasteiger partial charge in [0.2, 0.25) is 5.11 Å². The summed E-state index contributed by atoms with van der Waals surface area (Å²) >= 11 is 6.93. The second-order valence-electron chi connectivity index (χ2n) is 1.64. The van der Waals surface area contributed by atoms with Crippen LogP contribution in [0.15, 0.2) is 9.98 Å². The standard InChI is InChI=1S/C4BrF3N2S/c5-2-1(4(6,7)8)9-3(11)10-2. The van der Waals surface area contributed by atoms with Gasteiger partial charge in [0.25, 0.3) is 0 Å². The van der Waals surface area contributed by atoms with Crippen molar-refractivity contribution >= 4 is 43.6 Å². The van der Waals surface area contributed by atoms with Gasteiger partial charge in [0.1, 0.15) is 4.62 Å². The highest BCUT2D eigenvalue weighted by atomic mass is 79.9. The largest absolute Gasteiger partial charge is 0.436 e. The van der Waals surface area contributed by atoms with Crippen LogP contribution >= 0.6 is 28.1 Å². The van der Waals surface area contributed by atoms with Crippen LogP contribution in [0.1, 0.15) is 0 Å². The molecule has 0 amide bonds. The summed E-state index contributed by atoms with van der Waals surface area (Å²) in [5.74, 6) is 0. The maximum atomic E-state index is 11.9. The number of hydrogen-bond donors (Lipinski definition) is 0. The second-order valence-corrected chi connectivity index (χ2v) is 2.76. The van der Waals surface area contributed by atoms with Gasteiger partial charge in [-0.15, -0.1) is 0 Å². The molecule has 2 nitrogen and oxygen atoms in total. The molecule has 0 atom stereocenters. The molecule has 1 aliphatic heterocycles. The molecule has 0 saturated heterocycles. The predicted octanol–water partition coefficient (Wildman–Crippen LogP) is 2.08. The van der Waals surface area contributed by atoms with Crippen LogP contribution in [0.25, 0.3) is 0 Å². The molecule has 1 heterocycles. The molecular weight excluding hydrogens is 245 g/mol. The first-order valence-electron chi connectivity index (χ1n) is 2.35. The maximum absolute atomic E-state index is 11.9. The number of hydrogen-bond acceptors (Lipinski definition) is 1. The Morgan fingerprint density at radius 1 is 1.27 bits per heavy atom. The van der Waals surface area contributed by atoms with E-state index in [0.717, 1.165) is 0 Å². The van der Waals surface area contributed by atoms with Crippen molar-refractivity contribution < 1.29 is 13.2 Å². The molecule has 0 aromatic carbocycles. The van der Waals surface area contributed by atoms with Crippen LogP contribution in [0, 0.1) is 0 Å². The minimum absolute atomic E-state index is 0.302. The number of thiocarbonyl (C=S) groups is 1. The normalized spacial score (nSPS) is 18.4. The fourth-order valence-electron chi connectivity index (χ4n) is 0.484. The van der Waals surface area contributed by atoms with Crippen molar-refractivity contribution in [3.8, 4) is 0 Å². The van der Waals surface area contributed by atoms with Crippen LogP contribution in [-0.2, 0) is 0 Å². The third-order valence-electron chi connectivity index (χ3n) is 0.865. The molecule has 0 aromatic rings. The molecule has 11 heavy (non-hydrogen) atoms. The van der Waals surface area contributed by atoms with Crippen molar-refractivity contribution in [2.24, 2.45) is 9.98 Å². The first-order chi connectivity index (χ1) is 4.91. The van der Waals surface area contributed by atoms with Crippen LogP contribution in [0.5, 0.6) is 0 Å². The lowest BCUT2D eigenvalue weighted by molar-refractivity contribution is -0.0562. The molecule has 0 radical (unpaired) electrons. The lowest BCUT2D eigenvalue weighted by Gasteiger charge is -2.02. The Hall–Kier alpha value is -0.300. The average molecular weight is 245 g/mol. The third kappa shape index (κ3) is 1.84. The maximum Gasteiger partial charge on any atom is 0.436 e. The quantitative estimate of drug-likeness (QED) is 0.599. The van der Waals surface area contributed by atoms with E-state index in [0.29, 0.717) is 0 Å². The van der Waals surface area contributed by atoms with E-state index in [1.807, 2.05) is 0 Å². The zero-order valence-electron chi connectivity index (χ0n) is 4.81. The zero-order valence-corrected chi connectivity index (χ0v) is 7.22. The van der Waals surface area contributed by atoms with Gasteiger partial charge in [-0.05, 0) is 28.1 Å². The Morgan fingerprint density at radius 2 is 1.82 bits per heavy atom. The fourth-order valence-corrected chi connectivity index (χ4v) is 1.27. The van der Waals surface area contributed by atoms with E-state index in [2.05, 4.69) is 38.1 Å². The van der Waals surface area contributed by atoms with E-state index < -0.39 is 11.9 Å². The molecule has 0 N–H and O–H groups in total. The van der Waals surface area contributed by atoms with Crippen LogP contribution in [-0.4, -0.2) is 21.6 Å². The Balaban J connectivity index is 3.02. The first-order valence-corrected chi connectivity index (χ1v) is 3.56. The van der Waals surface area contributed by atoms with Crippen LogP contribution in [0.2, 0.25) is 0 Å². The van der Waals surface area contributed by atoms with Crippen molar-refractivity contribution in [3.63, 3.8) is 0 Å². The van der Waals surface area contributed by atoms with Gasteiger partial charge in [0.05, 0.1) is 0 Å². The number of aliphatic imine (C=N–C) groups is 2. The van der Waals surface area contributed by atoms with Crippen molar-refractivity contribution in [3.05, 3.63) is 0 Å². The highest BCUT2D eigenvalue weighted by Crippen LogP contribution is 2.23. The SMILES string of the molecule is FC(F)(F)C1=NC(=S)N=C1Br. The number of rotatable bonds is 0. The molecule has 0 spiro atoms. The molecule has 0 aromatic heterocycles. The van der Waals surface area contributed by atoms with Gasteiger partial charge in [-0.1, -0.05) is 0 Å². The molecule has 7 heteroatoms. The minimum atomic E-state index is -4.48. The van der Waals surface area contributed by atoms with E-state index >= 15 is 0 Å². The Kier molecular flexibility index (Phi) is 2.10. The number of halogens is 4. The van der Waals surface area contributed by atoms with Gasteiger partial charge < -0.3 is 0 Å². The summed E-state index contributed by atoms with van der Waals surface area (Å²) in [4.78, 5) is 6.29. The Morgan fingerprint density at radius 3 is 2.00 bits per heavy atom. The Bertz CT molecular complexity index is 267. The van der Waals surface area contributed by atoms with E-state index in [9.17, 15) is 13.2 Å². The molecule has 0 unspecified atom stereocenters. The van der Waals surface area contributed by atoms with Gasteiger partial charge in [0, 0.05) is 0 Å². The molecule has 1 aliphatic rings. The number of nitrogens with zero attached hydrogens (tertiary/aromatic N) is 2. The van der Waals surface area contributed by atoms with Gasteiger partial charge in [-0.3, -0.25) is 0 Å². The molecule has 0 aliphatic carbocycles. The van der Waals surface area contributed by atoms with Gasteiger partial charge >= 0.3 is 6.18 Å². The smallest absolute Gasteiger partial charge is 0.211 e.